The molecule has 2 atom stereocenters. The highest BCUT2D eigenvalue weighted by Gasteiger charge is 2.59. The van der Waals surface area contributed by atoms with E-state index in [0.29, 0.717) is 17.2 Å². The highest BCUT2D eigenvalue weighted by Crippen LogP contribution is 2.64. The molecule has 1 aliphatic carbocycles. The number of hydrogen-bond acceptors (Lipinski definition) is 2. The third-order valence-corrected chi connectivity index (χ3v) is 5.19. The van der Waals surface area contributed by atoms with E-state index in [1.165, 1.54) is 11.1 Å². The molecule has 4 rings (SSSR count). The van der Waals surface area contributed by atoms with Gasteiger partial charge in [0.2, 0.25) is 0 Å². The van der Waals surface area contributed by atoms with E-state index in [0.717, 1.165) is 12.2 Å². The number of Topliss-reactive ketones (excluding diaryl/α,β-unsaturated/α-hetero) is 1. The fraction of sp³-hybridized carbons (Fsp3) is 0.227. The summed E-state index contributed by atoms with van der Waals surface area (Å²) in [5.74, 6) is 2.06. The van der Waals surface area contributed by atoms with Crippen LogP contribution in [-0.4, -0.2) is 5.78 Å². The standard InChI is InChI=1S/C22H20O2/c1-15(23)19-13-21(24-16(19)2)22(18-11-7-4-8-12-18)14-20(22)17-9-5-3-6-10-17/h3-13,20H,14H2,1-2H3/t20-,22+/m0/s1. The first-order valence-corrected chi connectivity index (χ1v) is 8.35. The van der Waals surface area contributed by atoms with Crippen molar-refractivity contribution in [1.82, 2.24) is 0 Å². The molecule has 0 spiro atoms. The molecule has 0 saturated heterocycles. The van der Waals surface area contributed by atoms with Crippen LogP contribution in [0.4, 0.5) is 0 Å². The highest BCUT2D eigenvalue weighted by atomic mass is 16.3. The molecule has 2 aromatic carbocycles. The Balaban J connectivity index is 1.85. The second kappa shape index (κ2) is 5.48. The Labute approximate surface area is 142 Å². The summed E-state index contributed by atoms with van der Waals surface area (Å²) >= 11 is 0. The molecule has 0 bridgehead atoms. The van der Waals surface area contributed by atoms with Crippen molar-refractivity contribution in [3.05, 3.63) is 94.9 Å². The lowest BCUT2D eigenvalue weighted by atomic mass is 9.88. The van der Waals surface area contributed by atoms with Crippen LogP contribution in [0.3, 0.4) is 0 Å². The van der Waals surface area contributed by atoms with E-state index in [1.54, 1.807) is 6.92 Å². The third kappa shape index (κ3) is 2.22. The number of benzene rings is 2. The number of aryl methyl sites for hydroxylation is 1. The van der Waals surface area contributed by atoms with Gasteiger partial charge in [-0.05, 0) is 37.5 Å². The molecule has 1 fully saturated rings. The summed E-state index contributed by atoms with van der Waals surface area (Å²) in [6, 6.07) is 23.0. The summed E-state index contributed by atoms with van der Waals surface area (Å²) in [4.78, 5) is 11.9. The van der Waals surface area contributed by atoms with E-state index in [-0.39, 0.29) is 11.2 Å². The van der Waals surface area contributed by atoms with Gasteiger partial charge in [-0.1, -0.05) is 60.7 Å². The fourth-order valence-electron chi connectivity index (χ4n) is 3.87. The lowest BCUT2D eigenvalue weighted by molar-refractivity contribution is 0.101. The number of carbonyl (C=O) groups excluding carboxylic acids is 1. The molecular formula is C22H20O2. The van der Waals surface area contributed by atoms with Gasteiger partial charge >= 0.3 is 0 Å². The molecule has 24 heavy (non-hydrogen) atoms. The Morgan fingerprint density at radius 1 is 1.04 bits per heavy atom. The van der Waals surface area contributed by atoms with Gasteiger partial charge in [-0.3, -0.25) is 4.79 Å². The summed E-state index contributed by atoms with van der Waals surface area (Å²) < 4.78 is 6.09. The van der Waals surface area contributed by atoms with Crippen molar-refractivity contribution >= 4 is 5.78 Å². The molecule has 0 radical (unpaired) electrons. The maximum atomic E-state index is 11.9. The van der Waals surface area contributed by atoms with Crippen LogP contribution in [0.25, 0.3) is 0 Å². The smallest absolute Gasteiger partial charge is 0.163 e. The van der Waals surface area contributed by atoms with E-state index in [1.807, 2.05) is 25.1 Å². The maximum absolute atomic E-state index is 11.9. The normalized spacial score (nSPS) is 22.3. The lowest BCUT2D eigenvalue weighted by Crippen LogP contribution is -2.11. The van der Waals surface area contributed by atoms with Gasteiger partial charge < -0.3 is 4.42 Å². The number of furan rings is 1. The largest absolute Gasteiger partial charge is 0.465 e. The minimum atomic E-state index is -0.166. The average molecular weight is 316 g/mol. The zero-order chi connectivity index (χ0) is 16.7. The quantitative estimate of drug-likeness (QED) is 0.614. The van der Waals surface area contributed by atoms with E-state index in [9.17, 15) is 4.79 Å². The maximum Gasteiger partial charge on any atom is 0.163 e. The van der Waals surface area contributed by atoms with Crippen LogP contribution in [-0.2, 0) is 5.41 Å². The second-order valence-electron chi connectivity index (χ2n) is 6.64. The van der Waals surface area contributed by atoms with E-state index in [4.69, 9.17) is 4.42 Å². The van der Waals surface area contributed by atoms with Gasteiger partial charge in [-0.15, -0.1) is 0 Å². The Kier molecular flexibility index (Phi) is 3.42. The first-order valence-electron chi connectivity index (χ1n) is 8.35. The number of carbonyl (C=O) groups is 1. The Bertz CT molecular complexity index is 877. The summed E-state index contributed by atoms with van der Waals surface area (Å²) in [7, 11) is 0. The van der Waals surface area contributed by atoms with Gasteiger partial charge in [0.1, 0.15) is 11.5 Å². The van der Waals surface area contributed by atoms with Crippen LogP contribution in [0.2, 0.25) is 0 Å². The second-order valence-corrected chi connectivity index (χ2v) is 6.64. The minimum absolute atomic E-state index is 0.0580. The lowest BCUT2D eigenvalue weighted by Gasteiger charge is -2.16. The molecule has 0 unspecified atom stereocenters. The van der Waals surface area contributed by atoms with Crippen LogP contribution in [0.15, 0.2) is 71.1 Å². The van der Waals surface area contributed by atoms with Gasteiger partial charge in [0.25, 0.3) is 0 Å². The molecule has 0 N–H and O–H groups in total. The molecule has 1 heterocycles. The average Bonchev–Trinajstić information content (AvgIpc) is 3.25. The van der Waals surface area contributed by atoms with Crippen molar-refractivity contribution in [2.24, 2.45) is 0 Å². The summed E-state index contributed by atoms with van der Waals surface area (Å²) in [6.45, 7) is 3.47. The summed E-state index contributed by atoms with van der Waals surface area (Å²) in [5, 5.41) is 0. The van der Waals surface area contributed by atoms with E-state index >= 15 is 0 Å². The molecule has 3 aromatic rings. The zero-order valence-corrected chi connectivity index (χ0v) is 14.0. The van der Waals surface area contributed by atoms with Gasteiger partial charge in [-0.2, -0.15) is 0 Å². The van der Waals surface area contributed by atoms with Crippen molar-refractivity contribution in [3.8, 4) is 0 Å². The predicted molar refractivity (Wildman–Crippen MR) is 94.5 cm³/mol. The van der Waals surface area contributed by atoms with Crippen LogP contribution in [0, 0.1) is 6.92 Å². The SMILES string of the molecule is CC(=O)c1cc([C@@]2(c3ccccc3)C[C@H]2c2ccccc2)oc1C. The van der Waals surface area contributed by atoms with Crippen molar-refractivity contribution in [3.63, 3.8) is 0 Å². The van der Waals surface area contributed by atoms with Crippen LogP contribution < -0.4 is 0 Å². The summed E-state index contributed by atoms with van der Waals surface area (Å²) in [5.41, 5.74) is 3.10. The first-order chi connectivity index (χ1) is 11.6. The minimum Gasteiger partial charge on any atom is -0.465 e. The monoisotopic (exact) mass is 316 g/mol. The van der Waals surface area contributed by atoms with E-state index < -0.39 is 0 Å². The van der Waals surface area contributed by atoms with Crippen molar-refractivity contribution in [2.75, 3.05) is 0 Å². The molecule has 0 amide bonds. The fourth-order valence-corrected chi connectivity index (χ4v) is 3.87. The number of ketones is 1. The predicted octanol–water partition coefficient (Wildman–Crippen LogP) is 5.26. The molecular weight excluding hydrogens is 296 g/mol. The molecule has 1 aliphatic rings. The van der Waals surface area contributed by atoms with Crippen LogP contribution >= 0.6 is 0 Å². The molecule has 1 saturated carbocycles. The molecule has 1 aromatic heterocycles. The topological polar surface area (TPSA) is 30.2 Å². The Morgan fingerprint density at radius 3 is 2.25 bits per heavy atom. The molecule has 120 valence electrons. The number of rotatable bonds is 4. The van der Waals surface area contributed by atoms with Gasteiger partial charge in [0.15, 0.2) is 5.78 Å². The number of hydrogen-bond donors (Lipinski definition) is 0. The van der Waals surface area contributed by atoms with Crippen LogP contribution in [0.1, 0.15) is 52.3 Å². The highest BCUT2D eigenvalue weighted by molar-refractivity contribution is 5.95. The molecule has 2 nitrogen and oxygen atoms in total. The van der Waals surface area contributed by atoms with Gasteiger partial charge in [0.05, 0.1) is 11.0 Å². The first kappa shape index (κ1) is 14.9. The van der Waals surface area contributed by atoms with Crippen LogP contribution in [0.5, 0.6) is 0 Å². The van der Waals surface area contributed by atoms with Crippen molar-refractivity contribution < 1.29 is 9.21 Å². The van der Waals surface area contributed by atoms with Crippen molar-refractivity contribution in [2.45, 2.75) is 31.6 Å². The molecule has 0 aliphatic heterocycles. The Morgan fingerprint density at radius 2 is 1.67 bits per heavy atom. The van der Waals surface area contributed by atoms with E-state index in [2.05, 4.69) is 48.5 Å². The summed E-state index contributed by atoms with van der Waals surface area (Å²) in [6.07, 6.45) is 1.01. The third-order valence-electron chi connectivity index (χ3n) is 5.19. The Hall–Kier alpha value is -2.61. The van der Waals surface area contributed by atoms with Gasteiger partial charge in [0, 0.05) is 5.92 Å². The van der Waals surface area contributed by atoms with Crippen molar-refractivity contribution in [1.29, 1.82) is 0 Å². The van der Waals surface area contributed by atoms with Gasteiger partial charge in [-0.25, -0.2) is 0 Å². The zero-order valence-electron chi connectivity index (χ0n) is 14.0. The molecule has 2 heteroatoms.